The average molecular weight is 300 g/mol. The normalized spacial score (nSPS) is 13.9. The van der Waals surface area contributed by atoms with E-state index < -0.39 is 6.09 Å². The van der Waals surface area contributed by atoms with Gasteiger partial charge in [0.15, 0.2) is 17.6 Å². The number of rotatable bonds is 5. The number of halogens is 1. The summed E-state index contributed by atoms with van der Waals surface area (Å²) in [6.07, 6.45) is 0.317. The van der Waals surface area contributed by atoms with Crippen molar-refractivity contribution in [3.8, 4) is 11.5 Å². The first-order valence-corrected chi connectivity index (χ1v) is 7.07. The molecule has 1 aliphatic heterocycles. The topological polar surface area (TPSA) is 48.0 Å². The van der Waals surface area contributed by atoms with E-state index in [1.54, 1.807) is 4.90 Å². The fraction of sp³-hybridized carbons (Fsp3) is 0.500. The first kappa shape index (κ1) is 14.8. The summed E-state index contributed by atoms with van der Waals surface area (Å²) in [5, 5.41) is 0. The molecule has 1 aromatic rings. The monoisotopic (exact) mass is 299 g/mol. The average Bonchev–Trinajstić information content (AvgIpc) is 2.87. The fourth-order valence-electron chi connectivity index (χ4n) is 2.27. The Labute approximate surface area is 123 Å². The molecule has 1 unspecified atom stereocenters. The molecule has 110 valence electrons. The van der Waals surface area contributed by atoms with Gasteiger partial charge in [-0.1, -0.05) is 17.7 Å². The van der Waals surface area contributed by atoms with E-state index in [1.165, 1.54) is 0 Å². The van der Waals surface area contributed by atoms with Crippen LogP contribution < -0.4 is 9.47 Å². The van der Waals surface area contributed by atoms with Gasteiger partial charge in [-0.15, -0.1) is 0 Å². The van der Waals surface area contributed by atoms with Gasteiger partial charge in [-0.05, 0) is 38.0 Å². The van der Waals surface area contributed by atoms with Gasteiger partial charge in [0, 0.05) is 12.6 Å². The molecular formula is C14H18ClNO4. The number of carbonyl (C=O) groups excluding carboxylic acids is 1. The van der Waals surface area contributed by atoms with E-state index in [2.05, 4.69) is 0 Å². The van der Waals surface area contributed by atoms with Crippen LogP contribution in [0.1, 0.15) is 19.4 Å². The van der Waals surface area contributed by atoms with Crippen LogP contribution in [0.5, 0.6) is 11.5 Å². The van der Waals surface area contributed by atoms with Gasteiger partial charge in [0.2, 0.25) is 6.79 Å². The molecule has 6 heteroatoms. The molecule has 0 N–H and O–H groups in total. The van der Waals surface area contributed by atoms with Gasteiger partial charge < -0.3 is 19.1 Å². The van der Waals surface area contributed by atoms with Gasteiger partial charge in [0.05, 0.1) is 0 Å². The number of likely N-dealkylation sites (N-methyl/N-ethyl adjacent to an activating group) is 1. The lowest BCUT2D eigenvalue weighted by Crippen LogP contribution is -2.39. The number of hydrogen-bond donors (Lipinski definition) is 0. The van der Waals surface area contributed by atoms with Crippen LogP contribution in [0.15, 0.2) is 18.2 Å². The van der Waals surface area contributed by atoms with Crippen LogP contribution in [-0.2, 0) is 11.2 Å². The van der Waals surface area contributed by atoms with Crippen LogP contribution in [0.4, 0.5) is 4.79 Å². The van der Waals surface area contributed by atoms with Gasteiger partial charge in [-0.25, -0.2) is 4.79 Å². The molecule has 0 aliphatic carbocycles. The maximum absolute atomic E-state index is 11.8. The van der Waals surface area contributed by atoms with Gasteiger partial charge >= 0.3 is 6.09 Å². The summed E-state index contributed by atoms with van der Waals surface area (Å²) in [4.78, 5) is 13.4. The minimum atomic E-state index is -0.393. The summed E-state index contributed by atoms with van der Waals surface area (Å²) in [6, 6.07) is 5.68. The molecule has 0 radical (unpaired) electrons. The number of amides is 1. The van der Waals surface area contributed by atoms with Crippen molar-refractivity contribution in [1.82, 2.24) is 4.90 Å². The quantitative estimate of drug-likeness (QED) is 0.784. The summed E-state index contributed by atoms with van der Waals surface area (Å²) in [7, 11) is 0. The lowest BCUT2D eigenvalue weighted by Gasteiger charge is -2.27. The summed E-state index contributed by atoms with van der Waals surface area (Å²) in [5.41, 5.74) is 1.08. The second-order valence-electron chi connectivity index (χ2n) is 4.55. The molecule has 0 fully saturated rings. The van der Waals surface area contributed by atoms with E-state index >= 15 is 0 Å². The Balaban J connectivity index is 2.02. The second kappa shape index (κ2) is 6.70. The molecule has 0 spiro atoms. The van der Waals surface area contributed by atoms with E-state index in [0.717, 1.165) is 17.1 Å². The number of carbonyl (C=O) groups is 1. The molecule has 1 heterocycles. The van der Waals surface area contributed by atoms with Crippen LogP contribution in [-0.4, -0.2) is 36.4 Å². The van der Waals surface area contributed by atoms with Crippen molar-refractivity contribution in [2.24, 2.45) is 0 Å². The number of nitrogens with zero attached hydrogens (tertiary/aromatic N) is 1. The second-order valence-corrected chi connectivity index (χ2v) is 4.76. The van der Waals surface area contributed by atoms with Crippen molar-refractivity contribution in [1.29, 1.82) is 0 Å². The third-order valence-corrected chi connectivity index (χ3v) is 3.36. The number of benzene rings is 1. The standard InChI is InChI=1S/C14H18ClNO4/c1-3-16(14(17)18-8-15)10(2)6-11-4-5-12-13(7-11)20-9-19-12/h4-5,7,10H,3,6,8-9H2,1-2H3. The summed E-state index contributed by atoms with van der Waals surface area (Å²) < 4.78 is 15.5. The number of alkyl halides is 1. The van der Waals surface area contributed by atoms with Crippen LogP contribution in [0.2, 0.25) is 0 Å². The maximum atomic E-state index is 11.8. The minimum absolute atomic E-state index is 0.0103. The molecular weight excluding hydrogens is 282 g/mol. The van der Waals surface area contributed by atoms with E-state index in [1.807, 2.05) is 32.0 Å². The highest BCUT2D eigenvalue weighted by Gasteiger charge is 2.21. The molecule has 0 aromatic heterocycles. The van der Waals surface area contributed by atoms with Crippen molar-refractivity contribution < 1.29 is 19.0 Å². The lowest BCUT2D eigenvalue weighted by molar-refractivity contribution is 0.105. The molecule has 1 atom stereocenters. The summed E-state index contributed by atoms with van der Waals surface area (Å²) in [5.74, 6) is 1.51. The third-order valence-electron chi connectivity index (χ3n) is 3.25. The summed E-state index contributed by atoms with van der Waals surface area (Å²) >= 11 is 5.43. The smallest absolute Gasteiger partial charge is 0.411 e. The first-order chi connectivity index (χ1) is 9.65. The van der Waals surface area contributed by atoms with Gasteiger partial charge in [-0.2, -0.15) is 0 Å². The highest BCUT2D eigenvalue weighted by molar-refractivity contribution is 6.17. The van der Waals surface area contributed by atoms with Crippen molar-refractivity contribution in [2.75, 3.05) is 19.4 Å². The number of fused-ring (bicyclic) bond motifs is 1. The van der Waals surface area contributed by atoms with Crippen LogP contribution in [0, 0.1) is 0 Å². The maximum Gasteiger partial charge on any atom is 0.411 e. The third kappa shape index (κ3) is 3.28. The molecule has 0 saturated heterocycles. The highest BCUT2D eigenvalue weighted by Crippen LogP contribution is 2.33. The van der Waals surface area contributed by atoms with Crippen LogP contribution >= 0.6 is 11.6 Å². The molecule has 0 saturated carbocycles. The zero-order valence-electron chi connectivity index (χ0n) is 11.6. The van der Waals surface area contributed by atoms with Crippen molar-refractivity contribution in [2.45, 2.75) is 26.3 Å². The first-order valence-electron chi connectivity index (χ1n) is 6.53. The van der Waals surface area contributed by atoms with E-state index in [4.69, 9.17) is 25.8 Å². The molecule has 1 aromatic carbocycles. The van der Waals surface area contributed by atoms with Crippen molar-refractivity contribution in [3.05, 3.63) is 23.8 Å². The minimum Gasteiger partial charge on any atom is -0.454 e. The van der Waals surface area contributed by atoms with E-state index in [9.17, 15) is 4.79 Å². The van der Waals surface area contributed by atoms with Gasteiger partial charge in [0.25, 0.3) is 0 Å². The Kier molecular flexibility index (Phi) is 4.95. The van der Waals surface area contributed by atoms with E-state index in [0.29, 0.717) is 13.0 Å². The van der Waals surface area contributed by atoms with Gasteiger partial charge in [0.1, 0.15) is 0 Å². The Morgan fingerprint density at radius 1 is 1.45 bits per heavy atom. The predicted molar refractivity (Wildman–Crippen MR) is 75.3 cm³/mol. The Morgan fingerprint density at radius 2 is 2.20 bits per heavy atom. The van der Waals surface area contributed by atoms with Crippen LogP contribution in [0.25, 0.3) is 0 Å². The lowest BCUT2D eigenvalue weighted by atomic mass is 10.1. The summed E-state index contributed by atoms with van der Waals surface area (Å²) in [6.45, 7) is 4.72. The number of ether oxygens (including phenoxy) is 3. The predicted octanol–water partition coefficient (Wildman–Crippen LogP) is 3.00. The molecule has 1 aliphatic rings. The van der Waals surface area contributed by atoms with Crippen molar-refractivity contribution >= 4 is 17.7 Å². The fourth-order valence-corrected chi connectivity index (χ4v) is 2.36. The van der Waals surface area contributed by atoms with Crippen molar-refractivity contribution in [3.63, 3.8) is 0 Å². The van der Waals surface area contributed by atoms with E-state index in [-0.39, 0.29) is 18.9 Å². The van der Waals surface area contributed by atoms with Crippen LogP contribution in [0.3, 0.4) is 0 Å². The molecule has 2 rings (SSSR count). The molecule has 1 amide bonds. The molecule has 20 heavy (non-hydrogen) atoms. The molecule has 0 bridgehead atoms. The largest absolute Gasteiger partial charge is 0.454 e. The SMILES string of the molecule is CCN(C(=O)OCCl)C(C)Cc1ccc2c(c1)OCO2. The Bertz CT molecular complexity index is 480. The number of hydrogen-bond acceptors (Lipinski definition) is 4. The zero-order valence-corrected chi connectivity index (χ0v) is 12.4. The molecule has 5 nitrogen and oxygen atoms in total. The zero-order chi connectivity index (χ0) is 14.5. The Hall–Kier alpha value is -1.62. The Morgan fingerprint density at radius 3 is 2.90 bits per heavy atom. The van der Waals surface area contributed by atoms with Gasteiger partial charge in [-0.3, -0.25) is 0 Å². The highest BCUT2D eigenvalue weighted by atomic mass is 35.5.